The van der Waals surface area contributed by atoms with E-state index in [0.29, 0.717) is 11.8 Å². The molecule has 1 N–H and O–H groups in total. The molecule has 2 spiro atoms. The normalized spacial score (nSPS) is 39.2. The number of ether oxygens (including phenoxy) is 2. The summed E-state index contributed by atoms with van der Waals surface area (Å²) in [6.07, 6.45) is 16.7. The first-order valence-electron chi connectivity index (χ1n) is 13.3. The van der Waals surface area contributed by atoms with Gasteiger partial charge in [-0.25, -0.2) is 4.79 Å². The first kappa shape index (κ1) is 21.6. The van der Waals surface area contributed by atoms with Gasteiger partial charge in [-0.2, -0.15) is 0 Å². The summed E-state index contributed by atoms with van der Waals surface area (Å²) < 4.78 is 13.0. The van der Waals surface area contributed by atoms with Crippen LogP contribution in [0, 0.1) is 11.3 Å². The zero-order valence-electron chi connectivity index (χ0n) is 20.7. The average molecular weight is 471 g/mol. The molecule has 2 saturated carbocycles. The minimum atomic E-state index is -0.336. The minimum Gasteiger partial charge on any atom is -0.446 e. The van der Waals surface area contributed by atoms with Crippen LogP contribution in [0.25, 0.3) is 10.8 Å². The predicted octanol–water partition coefficient (Wildman–Crippen LogP) is 6.20. The summed E-state index contributed by atoms with van der Waals surface area (Å²) >= 11 is 0. The van der Waals surface area contributed by atoms with Crippen molar-refractivity contribution in [2.75, 3.05) is 7.05 Å². The van der Waals surface area contributed by atoms with Crippen molar-refractivity contribution in [3.63, 3.8) is 0 Å². The molecule has 3 aliphatic carbocycles. The van der Waals surface area contributed by atoms with E-state index in [1.54, 1.807) is 7.05 Å². The number of pyridine rings is 1. The van der Waals surface area contributed by atoms with Gasteiger partial charge in [0.15, 0.2) is 0 Å². The number of carbonyl (C=O) groups excluding carboxylic acids is 1. The van der Waals surface area contributed by atoms with Crippen molar-refractivity contribution < 1.29 is 14.3 Å². The molecular weight excluding hydrogens is 436 g/mol. The van der Waals surface area contributed by atoms with Crippen LogP contribution in [0.3, 0.4) is 0 Å². The number of nitrogens with one attached hydrogen (secondary N) is 1. The number of hydrogen-bond acceptors (Lipinski definition) is 4. The lowest BCUT2D eigenvalue weighted by Gasteiger charge is -2.54. The van der Waals surface area contributed by atoms with Crippen LogP contribution >= 0.6 is 0 Å². The number of rotatable bonds is 2. The zero-order chi connectivity index (χ0) is 23.8. The van der Waals surface area contributed by atoms with Crippen molar-refractivity contribution >= 4 is 16.9 Å². The number of allylic oxidation sites excluding steroid dienone is 1. The van der Waals surface area contributed by atoms with E-state index in [-0.39, 0.29) is 28.8 Å². The van der Waals surface area contributed by atoms with Crippen LogP contribution in [0.2, 0.25) is 0 Å². The molecule has 3 fully saturated rings. The second kappa shape index (κ2) is 7.42. The molecule has 6 atom stereocenters. The lowest BCUT2D eigenvalue weighted by Crippen LogP contribution is -2.54. The third kappa shape index (κ3) is 2.97. The molecule has 7 rings (SSSR count). The summed E-state index contributed by atoms with van der Waals surface area (Å²) in [5, 5.41) is 5.09. The van der Waals surface area contributed by atoms with E-state index >= 15 is 0 Å². The number of nitrogens with zero attached hydrogens (tertiary/aromatic N) is 1. The molecule has 0 radical (unpaired) electrons. The van der Waals surface area contributed by atoms with Gasteiger partial charge in [-0.3, -0.25) is 4.98 Å². The van der Waals surface area contributed by atoms with Crippen molar-refractivity contribution in [3.05, 3.63) is 65.5 Å². The van der Waals surface area contributed by atoms with E-state index in [9.17, 15) is 4.79 Å². The second-order valence-corrected chi connectivity index (χ2v) is 11.7. The Hall–Kier alpha value is -2.66. The molecule has 5 aliphatic rings. The molecule has 1 aromatic carbocycles. The number of fused-ring (bicyclic) bond motifs is 2. The van der Waals surface area contributed by atoms with Gasteiger partial charge in [0.05, 0.1) is 11.2 Å². The van der Waals surface area contributed by atoms with E-state index < -0.39 is 0 Å². The molecule has 3 heterocycles. The van der Waals surface area contributed by atoms with E-state index in [1.165, 1.54) is 40.3 Å². The van der Waals surface area contributed by atoms with E-state index in [0.717, 1.165) is 38.5 Å². The van der Waals surface area contributed by atoms with Crippen molar-refractivity contribution in [2.24, 2.45) is 11.3 Å². The van der Waals surface area contributed by atoms with E-state index in [4.69, 9.17) is 9.47 Å². The lowest BCUT2D eigenvalue weighted by atomic mass is 9.58. The first-order chi connectivity index (χ1) is 17.0. The molecule has 5 nitrogen and oxygen atoms in total. The van der Waals surface area contributed by atoms with Crippen LogP contribution in [0.1, 0.15) is 69.8 Å². The smallest absolute Gasteiger partial charge is 0.407 e. The minimum absolute atomic E-state index is 0.0784. The van der Waals surface area contributed by atoms with Gasteiger partial charge >= 0.3 is 6.09 Å². The van der Waals surface area contributed by atoms with Gasteiger partial charge in [0.1, 0.15) is 6.10 Å². The van der Waals surface area contributed by atoms with Crippen LogP contribution in [0.4, 0.5) is 4.79 Å². The Balaban J connectivity index is 1.23. The third-order valence-corrected chi connectivity index (χ3v) is 10.2. The fourth-order valence-electron chi connectivity index (χ4n) is 8.54. The van der Waals surface area contributed by atoms with Gasteiger partial charge in [0.25, 0.3) is 0 Å². The van der Waals surface area contributed by atoms with Gasteiger partial charge in [0, 0.05) is 31.2 Å². The highest BCUT2D eigenvalue weighted by atomic mass is 16.6. The maximum absolute atomic E-state index is 11.9. The summed E-state index contributed by atoms with van der Waals surface area (Å²) in [4.78, 5) is 16.3. The number of aromatic nitrogens is 1. The topological polar surface area (TPSA) is 60.5 Å². The SMILES string of the molecule is CNC(=O)OC1CCC2=CC3=CC[C@]4(C)C(c5ccc6ccncc6c5)CC[C@H]4[C@@]34CC[C@]2(C1)O4. The number of hydrogen-bond donors (Lipinski definition) is 1. The largest absolute Gasteiger partial charge is 0.446 e. The predicted molar refractivity (Wildman–Crippen MR) is 135 cm³/mol. The number of carbonyl (C=O) groups is 1. The molecule has 5 heteroatoms. The number of amides is 1. The Morgan fingerprint density at radius 2 is 2.09 bits per heavy atom. The Morgan fingerprint density at radius 1 is 1.17 bits per heavy atom. The van der Waals surface area contributed by atoms with Crippen molar-refractivity contribution in [2.45, 2.75) is 81.5 Å². The van der Waals surface area contributed by atoms with Crippen LogP contribution in [-0.4, -0.2) is 35.4 Å². The van der Waals surface area contributed by atoms with Crippen LogP contribution in [0.15, 0.2) is 60.0 Å². The second-order valence-electron chi connectivity index (χ2n) is 11.7. The first-order valence-corrected chi connectivity index (χ1v) is 13.3. The molecule has 2 unspecified atom stereocenters. The third-order valence-electron chi connectivity index (χ3n) is 10.2. The van der Waals surface area contributed by atoms with Gasteiger partial charge in [-0.05, 0) is 96.4 Å². The molecule has 2 bridgehead atoms. The van der Waals surface area contributed by atoms with Gasteiger partial charge in [-0.1, -0.05) is 31.2 Å². The summed E-state index contributed by atoms with van der Waals surface area (Å²) in [6.45, 7) is 2.51. The van der Waals surface area contributed by atoms with Crippen molar-refractivity contribution in [1.82, 2.24) is 10.3 Å². The number of benzene rings is 1. The summed E-state index contributed by atoms with van der Waals surface area (Å²) in [7, 11) is 1.62. The maximum atomic E-state index is 11.9. The number of alkyl carbamates (subject to hydrolysis) is 1. The molecule has 182 valence electrons. The van der Waals surface area contributed by atoms with Crippen LogP contribution < -0.4 is 5.32 Å². The lowest BCUT2D eigenvalue weighted by molar-refractivity contribution is -0.144. The standard InChI is InChI=1S/C30H34N2O3/c1-28-11-9-23-16-22-5-6-24(34-27(33)31-2)17-29(22)12-13-30(23,35-29)26(28)8-7-25(28)20-4-3-19-10-14-32-18-21(19)15-20/h3-4,9-10,14-16,18,24-26H,5-8,11-13,17H2,1-2H3,(H,31,33)/t24?,25?,26-,28-,29-,30-/m1/s1. The zero-order valence-corrected chi connectivity index (χ0v) is 20.7. The van der Waals surface area contributed by atoms with Crippen molar-refractivity contribution in [1.29, 1.82) is 0 Å². The van der Waals surface area contributed by atoms with Crippen LogP contribution in [0.5, 0.6) is 0 Å². The molecule has 1 saturated heterocycles. The maximum Gasteiger partial charge on any atom is 0.407 e. The molecule has 1 aromatic heterocycles. The van der Waals surface area contributed by atoms with Gasteiger partial charge in [-0.15, -0.1) is 0 Å². The quantitative estimate of drug-likeness (QED) is 0.568. The highest BCUT2D eigenvalue weighted by Gasteiger charge is 2.66. The fraction of sp³-hybridized carbons (Fsp3) is 0.533. The Morgan fingerprint density at radius 3 is 2.97 bits per heavy atom. The summed E-state index contributed by atoms with van der Waals surface area (Å²) in [5.41, 5.74) is 4.01. The Labute approximate surface area is 207 Å². The summed E-state index contributed by atoms with van der Waals surface area (Å²) in [6, 6.07) is 9.07. The van der Waals surface area contributed by atoms with Crippen molar-refractivity contribution in [3.8, 4) is 0 Å². The molecule has 2 aromatic rings. The summed E-state index contributed by atoms with van der Waals surface area (Å²) in [5.74, 6) is 1.02. The van der Waals surface area contributed by atoms with Crippen LogP contribution in [-0.2, 0) is 9.47 Å². The van der Waals surface area contributed by atoms with Gasteiger partial charge < -0.3 is 14.8 Å². The highest BCUT2D eigenvalue weighted by molar-refractivity contribution is 5.82. The molecular formula is C30H34N2O3. The molecule has 2 aliphatic heterocycles. The fourth-order valence-corrected chi connectivity index (χ4v) is 8.54. The van der Waals surface area contributed by atoms with E-state index in [1.807, 2.05) is 12.4 Å². The average Bonchev–Trinajstić information content (AvgIpc) is 3.38. The van der Waals surface area contributed by atoms with Gasteiger partial charge in [0.2, 0.25) is 0 Å². The molecule has 35 heavy (non-hydrogen) atoms. The van der Waals surface area contributed by atoms with E-state index in [2.05, 4.69) is 53.6 Å². The molecule has 1 amide bonds. The monoisotopic (exact) mass is 470 g/mol. The Bertz CT molecular complexity index is 1280. The Kier molecular flexibility index (Phi) is 4.58. The highest BCUT2D eigenvalue weighted by Crippen LogP contribution is 2.69.